The first-order chi connectivity index (χ1) is 8.97. The fraction of sp³-hybridized carbons (Fsp3) is 0.333. The fourth-order valence-corrected chi connectivity index (χ4v) is 2.11. The molecule has 0 spiro atoms. The van der Waals surface area contributed by atoms with Gasteiger partial charge in [-0.3, -0.25) is 0 Å². The molecule has 0 bridgehead atoms. The SMILES string of the molecule is O=C(NCC1CC1)Nc1c(Cl)cc(C(=O)O)cc1Cl. The van der Waals surface area contributed by atoms with E-state index in [0.29, 0.717) is 12.5 Å². The van der Waals surface area contributed by atoms with Crippen LogP contribution in [0, 0.1) is 5.92 Å². The number of hydrogen-bond acceptors (Lipinski definition) is 2. The zero-order valence-corrected chi connectivity index (χ0v) is 11.4. The summed E-state index contributed by atoms with van der Waals surface area (Å²) < 4.78 is 0. The van der Waals surface area contributed by atoms with Crippen molar-refractivity contribution >= 4 is 40.9 Å². The third kappa shape index (κ3) is 3.75. The first kappa shape index (κ1) is 14.0. The quantitative estimate of drug-likeness (QED) is 0.799. The molecule has 0 heterocycles. The highest BCUT2D eigenvalue weighted by Gasteiger charge is 2.22. The van der Waals surface area contributed by atoms with Gasteiger partial charge in [0.1, 0.15) is 0 Å². The van der Waals surface area contributed by atoms with Gasteiger partial charge in [0.25, 0.3) is 0 Å². The molecule has 2 rings (SSSR count). The monoisotopic (exact) mass is 302 g/mol. The number of hydrogen-bond donors (Lipinski definition) is 3. The second-order valence-electron chi connectivity index (χ2n) is 4.40. The lowest BCUT2D eigenvalue weighted by Crippen LogP contribution is -2.30. The van der Waals surface area contributed by atoms with Crippen LogP contribution in [0.3, 0.4) is 0 Å². The van der Waals surface area contributed by atoms with Crippen molar-refractivity contribution in [2.45, 2.75) is 12.8 Å². The van der Waals surface area contributed by atoms with Crippen molar-refractivity contribution in [2.24, 2.45) is 5.92 Å². The van der Waals surface area contributed by atoms with Crippen molar-refractivity contribution in [1.29, 1.82) is 0 Å². The molecule has 1 saturated carbocycles. The van der Waals surface area contributed by atoms with Gasteiger partial charge in [-0.1, -0.05) is 23.2 Å². The first-order valence-corrected chi connectivity index (χ1v) is 6.50. The molecular formula is C12H12Cl2N2O3. The van der Waals surface area contributed by atoms with Gasteiger partial charge in [-0.05, 0) is 30.9 Å². The summed E-state index contributed by atoms with van der Waals surface area (Å²) in [5, 5.41) is 14.2. The molecule has 5 nitrogen and oxygen atoms in total. The molecule has 1 fully saturated rings. The minimum Gasteiger partial charge on any atom is -0.478 e. The molecule has 0 saturated heterocycles. The van der Waals surface area contributed by atoms with Crippen molar-refractivity contribution in [3.8, 4) is 0 Å². The number of rotatable bonds is 4. The van der Waals surface area contributed by atoms with Gasteiger partial charge in [0.15, 0.2) is 0 Å². The Morgan fingerprint density at radius 3 is 2.32 bits per heavy atom. The lowest BCUT2D eigenvalue weighted by Gasteiger charge is -2.11. The maximum Gasteiger partial charge on any atom is 0.335 e. The van der Waals surface area contributed by atoms with Crippen molar-refractivity contribution in [2.75, 3.05) is 11.9 Å². The number of urea groups is 1. The molecule has 2 amide bonds. The van der Waals surface area contributed by atoms with Crippen LogP contribution in [0.1, 0.15) is 23.2 Å². The number of halogens is 2. The topological polar surface area (TPSA) is 78.4 Å². The van der Waals surface area contributed by atoms with Crippen LogP contribution in [0.5, 0.6) is 0 Å². The zero-order valence-electron chi connectivity index (χ0n) is 9.87. The summed E-state index contributed by atoms with van der Waals surface area (Å²) in [7, 11) is 0. The number of carbonyl (C=O) groups is 2. The maximum atomic E-state index is 11.6. The highest BCUT2D eigenvalue weighted by molar-refractivity contribution is 6.40. The van der Waals surface area contributed by atoms with E-state index in [9.17, 15) is 9.59 Å². The minimum absolute atomic E-state index is 0.0288. The van der Waals surface area contributed by atoms with Crippen LogP contribution in [-0.2, 0) is 0 Å². The third-order valence-corrected chi connectivity index (χ3v) is 3.37. The van der Waals surface area contributed by atoms with E-state index in [2.05, 4.69) is 10.6 Å². The van der Waals surface area contributed by atoms with E-state index in [-0.39, 0.29) is 21.3 Å². The number of anilines is 1. The Morgan fingerprint density at radius 1 is 1.26 bits per heavy atom. The van der Waals surface area contributed by atoms with Gasteiger partial charge in [-0.15, -0.1) is 0 Å². The van der Waals surface area contributed by atoms with Gasteiger partial charge in [0.2, 0.25) is 0 Å². The smallest absolute Gasteiger partial charge is 0.335 e. The second-order valence-corrected chi connectivity index (χ2v) is 5.21. The number of carboxylic acids is 1. The van der Waals surface area contributed by atoms with Crippen molar-refractivity contribution < 1.29 is 14.7 Å². The summed E-state index contributed by atoms with van der Waals surface area (Å²) >= 11 is 11.8. The standard InChI is InChI=1S/C12H12Cl2N2O3/c13-8-3-7(11(17)18)4-9(14)10(8)16-12(19)15-5-6-1-2-6/h3-4,6H,1-2,5H2,(H,17,18)(H2,15,16,19). The van der Waals surface area contributed by atoms with Gasteiger partial charge in [-0.2, -0.15) is 0 Å². The molecule has 0 atom stereocenters. The number of benzene rings is 1. The largest absolute Gasteiger partial charge is 0.478 e. The molecule has 0 unspecified atom stereocenters. The lowest BCUT2D eigenvalue weighted by atomic mass is 10.2. The second kappa shape index (κ2) is 5.67. The molecule has 1 aromatic carbocycles. The minimum atomic E-state index is -1.13. The van der Waals surface area contributed by atoms with Crippen LogP contribution in [0.15, 0.2) is 12.1 Å². The van der Waals surface area contributed by atoms with Crippen LogP contribution >= 0.6 is 23.2 Å². The van der Waals surface area contributed by atoms with Crippen LogP contribution in [-0.4, -0.2) is 23.7 Å². The molecule has 19 heavy (non-hydrogen) atoms. The summed E-state index contributed by atoms with van der Waals surface area (Å²) in [5.74, 6) is -0.570. The van der Waals surface area contributed by atoms with E-state index in [4.69, 9.17) is 28.3 Å². The highest BCUT2D eigenvalue weighted by atomic mass is 35.5. The van der Waals surface area contributed by atoms with E-state index >= 15 is 0 Å². The molecule has 102 valence electrons. The van der Waals surface area contributed by atoms with Crippen LogP contribution < -0.4 is 10.6 Å². The van der Waals surface area contributed by atoms with Crippen LogP contribution in [0.2, 0.25) is 10.0 Å². The summed E-state index contributed by atoms with van der Waals surface area (Å²) in [6.45, 7) is 0.619. The number of aromatic carboxylic acids is 1. The van der Waals surface area contributed by atoms with Crippen molar-refractivity contribution in [3.05, 3.63) is 27.7 Å². The summed E-state index contributed by atoms with van der Waals surface area (Å²) in [4.78, 5) is 22.4. The maximum absolute atomic E-state index is 11.6. The Bertz CT molecular complexity index is 507. The average Bonchev–Trinajstić information content (AvgIpc) is 3.14. The molecule has 1 aliphatic carbocycles. The predicted octanol–water partition coefficient (Wildman–Crippen LogP) is 3.22. The third-order valence-electron chi connectivity index (χ3n) is 2.78. The van der Waals surface area contributed by atoms with Gasteiger partial charge in [0, 0.05) is 6.54 Å². The molecule has 0 aromatic heterocycles. The Balaban J connectivity index is 2.06. The number of nitrogens with one attached hydrogen (secondary N) is 2. The summed E-state index contributed by atoms with van der Waals surface area (Å²) in [6.07, 6.45) is 2.27. The molecule has 3 N–H and O–H groups in total. The van der Waals surface area contributed by atoms with Gasteiger partial charge in [-0.25, -0.2) is 9.59 Å². The molecule has 1 aromatic rings. The summed E-state index contributed by atoms with van der Waals surface area (Å²) in [5.41, 5.74) is 0.181. The number of carbonyl (C=O) groups excluding carboxylic acids is 1. The van der Waals surface area contributed by atoms with Gasteiger partial charge in [0.05, 0.1) is 21.3 Å². The van der Waals surface area contributed by atoms with Gasteiger partial charge >= 0.3 is 12.0 Å². The van der Waals surface area contributed by atoms with Crippen molar-refractivity contribution in [3.63, 3.8) is 0 Å². The zero-order chi connectivity index (χ0) is 14.0. The molecule has 0 radical (unpaired) electrons. The molecule has 7 heteroatoms. The normalized spacial score (nSPS) is 14.0. The van der Waals surface area contributed by atoms with Crippen LogP contribution in [0.4, 0.5) is 10.5 Å². The number of amides is 2. The van der Waals surface area contributed by atoms with E-state index in [1.165, 1.54) is 12.1 Å². The molecule has 1 aliphatic rings. The van der Waals surface area contributed by atoms with Gasteiger partial charge < -0.3 is 15.7 Å². The fourth-order valence-electron chi connectivity index (χ4n) is 1.53. The van der Waals surface area contributed by atoms with E-state index < -0.39 is 12.0 Å². The Hall–Kier alpha value is -1.46. The highest BCUT2D eigenvalue weighted by Crippen LogP contribution is 2.32. The average molecular weight is 303 g/mol. The van der Waals surface area contributed by atoms with E-state index in [1.54, 1.807) is 0 Å². The predicted molar refractivity (Wildman–Crippen MR) is 73.2 cm³/mol. The number of carboxylic acid groups (broad SMARTS) is 1. The van der Waals surface area contributed by atoms with Crippen LogP contribution in [0.25, 0.3) is 0 Å². The van der Waals surface area contributed by atoms with E-state index in [0.717, 1.165) is 12.8 Å². The molecular weight excluding hydrogens is 291 g/mol. The summed E-state index contributed by atoms with van der Waals surface area (Å²) in [6, 6.07) is 2.08. The Kier molecular flexibility index (Phi) is 4.17. The first-order valence-electron chi connectivity index (χ1n) is 5.74. The van der Waals surface area contributed by atoms with E-state index in [1.807, 2.05) is 0 Å². The Morgan fingerprint density at radius 2 is 1.84 bits per heavy atom. The molecule has 0 aliphatic heterocycles. The lowest BCUT2D eigenvalue weighted by molar-refractivity contribution is 0.0697. The Labute approximate surface area is 119 Å². The van der Waals surface area contributed by atoms with Crippen molar-refractivity contribution in [1.82, 2.24) is 5.32 Å².